The highest BCUT2D eigenvalue weighted by Crippen LogP contribution is 2.43. The van der Waals surface area contributed by atoms with E-state index in [0.717, 1.165) is 60.9 Å². The molecule has 3 heterocycles. The molecule has 0 unspecified atom stereocenters. The largest absolute Gasteiger partial charge is 0.455 e. The quantitative estimate of drug-likeness (QED) is 0.185. The van der Waals surface area contributed by atoms with Crippen molar-refractivity contribution in [3.05, 3.63) is 164 Å². The molecule has 5 heteroatoms. The number of hydrogen-bond donors (Lipinski definition) is 0. The number of thiophene rings is 1. The molecule has 0 aliphatic heterocycles. The minimum atomic E-state index is 0.620. The average molecular weight is 658 g/mol. The predicted molar refractivity (Wildman–Crippen MR) is 207 cm³/mol. The van der Waals surface area contributed by atoms with Crippen LogP contribution in [-0.4, -0.2) is 15.0 Å². The standard InChI is InChI=1S/C45H27N3OS/c1-3-13-28(14-4-1)31-20-11-22-36-41-34(21-12-23-38(41)49-42(31)36)32-17-7-8-19-35(32)45-47-43(29-15-5-2-6-16-29)46-44(48-45)30-25-26-40-37(27-30)33-18-9-10-24-39(33)50-40/h1-27H. The van der Waals surface area contributed by atoms with Gasteiger partial charge in [0.2, 0.25) is 0 Å². The Hall–Kier alpha value is -6.43. The van der Waals surface area contributed by atoms with Crippen molar-refractivity contribution in [2.45, 2.75) is 0 Å². The molecule has 50 heavy (non-hydrogen) atoms. The maximum absolute atomic E-state index is 6.62. The predicted octanol–water partition coefficient (Wildman–Crippen LogP) is 12.5. The van der Waals surface area contributed by atoms with Gasteiger partial charge in [0.25, 0.3) is 0 Å². The Balaban J connectivity index is 1.19. The van der Waals surface area contributed by atoms with Gasteiger partial charge in [-0.1, -0.05) is 133 Å². The van der Waals surface area contributed by atoms with Crippen LogP contribution in [0.4, 0.5) is 0 Å². The zero-order valence-electron chi connectivity index (χ0n) is 26.7. The molecule has 0 radical (unpaired) electrons. The second kappa shape index (κ2) is 11.6. The van der Waals surface area contributed by atoms with Gasteiger partial charge < -0.3 is 4.42 Å². The Morgan fingerprint density at radius 1 is 0.380 bits per heavy atom. The number of hydrogen-bond acceptors (Lipinski definition) is 5. The summed E-state index contributed by atoms with van der Waals surface area (Å²) in [7, 11) is 0. The molecule has 0 fully saturated rings. The third-order valence-corrected chi connectivity index (χ3v) is 10.5. The fourth-order valence-electron chi connectivity index (χ4n) is 7.04. The first-order chi connectivity index (χ1) is 24.8. The van der Waals surface area contributed by atoms with Crippen molar-refractivity contribution in [1.29, 1.82) is 0 Å². The van der Waals surface area contributed by atoms with Crippen molar-refractivity contribution in [2.75, 3.05) is 0 Å². The van der Waals surface area contributed by atoms with Crippen molar-refractivity contribution >= 4 is 53.4 Å². The van der Waals surface area contributed by atoms with Crippen LogP contribution >= 0.6 is 11.3 Å². The molecule has 0 bridgehead atoms. The summed E-state index contributed by atoms with van der Waals surface area (Å²) in [5.74, 6) is 1.89. The Labute approximate surface area is 292 Å². The summed E-state index contributed by atoms with van der Waals surface area (Å²) in [5, 5.41) is 4.60. The molecule has 0 saturated carbocycles. The normalized spacial score (nSPS) is 11.6. The fraction of sp³-hybridized carbons (Fsp3) is 0. The number of aromatic nitrogens is 3. The van der Waals surface area contributed by atoms with Crippen LogP contribution in [0.5, 0.6) is 0 Å². The first kappa shape index (κ1) is 28.6. The fourth-order valence-corrected chi connectivity index (χ4v) is 8.12. The highest BCUT2D eigenvalue weighted by atomic mass is 32.1. The maximum Gasteiger partial charge on any atom is 0.164 e. The van der Waals surface area contributed by atoms with Gasteiger partial charge in [0.15, 0.2) is 17.5 Å². The zero-order valence-corrected chi connectivity index (χ0v) is 27.6. The highest BCUT2D eigenvalue weighted by Gasteiger charge is 2.20. The molecule has 10 rings (SSSR count). The second-order valence-corrected chi connectivity index (χ2v) is 13.4. The van der Waals surface area contributed by atoms with Gasteiger partial charge in [-0.3, -0.25) is 0 Å². The molecule has 0 N–H and O–H groups in total. The van der Waals surface area contributed by atoms with Crippen LogP contribution in [0.1, 0.15) is 0 Å². The lowest BCUT2D eigenvalue weighted by Crippen LogP contribution is -2.01. The summed E-state index contributed by atoms with van der Waals surface area (Å²) in [4.78, 5) is 15.4. The van der Waals surface area contributed by atoms with E-state index in [4.69, 9.17) is 19.4 Å². The van der Waals surface area contributed by atoms with Gasteiger partial charge in [-0.25, -0.2) is 15.0 Å². The lowest BCUT2D eigenvalue weighted by molar-refractivity contribution is 0.670. The molecular weight excluding hydrogens is 631 g/mol. The van der Waals surface area contributed by atoms with Crippen LogP contribution in [0.2, 0.25) is 0 Å². The van der Waals surface area contributed by atoms with Crippen LogP contribution in [0.15, 0.2) is 168 Å². The molecule has 0 atom stereocenters. The van der Waals surface area contributed by atoms with E-state index in [0.29, 0.717) is 17.5 Å². The van der Waals surface area contributed by atoms with Crippen LogP contribution < -0.4 is 0 Å². The SMILES string of the molecule is c1ccc(-c2nc(-c3ccc4sc5ccccc5c4c3)nc(-c3ccccc3-c3cccc4oc5c(-c6ccccc6)cccc5c34)n2)cc1. The molecule has 3 aromatic heterocycles. The van der Waals surface area contributed by atoms with Gasteiger partial charge in [0.05, 0.1) is 0 Å². The number of nitrogens with zero attached hydrogens (tertiary/aromatic N) is 3. The Morgan fingerprint density at radius 2 is 0.980 bits per heavy atom. The lowest BCUT2D eigenvalue weighted by Gasteiger charge is -2.13. The van der Waals surface area contributed by atoms with Gasteiger partial charge in [-0.2, -0.15) is 0 Å². The van der Waals surface area contributed by atoms with Crippen LogP contribution in [0, 0.1) is 0 Å². The van der Waals surface area contributed by atoms with Gasteiger partial charge >= 0.3 is 0 Å². The zero-order chi connectivity index (χ0) is 33.0. The molecule has 0 aliphatic carbocycles. The Kier molecular flexibility index (Phi) is 6.64. The van der Waals surface area contributed by atoms with E-state index in [9.17, 15) is 0 Å². The molecular formula is C45H27N3OS. The van der Waals surface area contributed by atoms with E-state index >= 15 is 0 Å². The molecule has 4 nitrogen and oxygen atoms in total. The van der Waals surface area contributed by atoms with Crippen molar-refractivity contribution in [3.8, 4) is 56.4 Å². The van der Waals surface area contributed by atoms with Crippen LogP contribution in [0.25, 0.3) is 98.5 Å². The third-order valence-electron chi connectivity index (χ3n) is 9.37. The summed E-state index contributed by atoms with van der Waals surface area (Å²) in [6, 6.07) is 56.7. The summed E-state index contributed by atoms with van der Waals surface area (Å²) in [5.41, 5.74) is 8.83. The molecule has 0 saturated heterocycles. The van der Waals surface area contributed by atoms with Gasteiger partial charge in [0.1, 0.15) is 11.2 Å². The third kappa shape index (κ3) is 4.71. The first-order valence-electron chi connectivity index (χ1n) is 16.6. The van der Waals surface area contributed by atoms with Crippen molar-refractivity contribution in [3.63, 3.8) is 0 Å². The van der Waals surface area contributed by atoms with E-state index < -0.39 is 0 Å². The summed E-state index contributed by atoms with van der Waals surface area (Å²) in [6.07, 6.45) is 0. The van der Waals surface area contributed by atoms with Gasteiger partial charge in [-0.05, 0) is 47.0 Å². The Bertz CT molecular complexity index is 2870. The minimum Gasteiger partial charge on any atom is -0.455 e. The Morgan fingerprint density at radius 3 is 1.82 bits per heavy atom. The number of para-hydroxylation sites is 1. The average Bonchev–Trinajstić information content (AvgIpc) is 3.77. The van der Waals surface area contributed by atoms with Crippen molar-refractivity contribution in [2.24, 2.45) is 0 Å². The van der Waals surface area contributed by atoms with Crippen LogP contribution in [-0.2, 0) is 0 Å². The second-order valence-electron chi connectivity index (χ2n) is 12.4. The number of fused-ring (bicyclic) bond motifs is 6. The first-order valence-corrected chi connectivity index (χ1v) is 17.4. The van der Waals surface area contributed by atoms with Crippen molar-refractivity contribution in [1.82, 2.24) is 15.0 Å². The highest BCUT2D eigenvalue weighted by molar-refractivity contribution is 7.25. The summed E-state index contributed by atoms with van der Waals surface area (Å²) < 4.78 is 9.13. The topological polar surface area (TPSA) is 51.8 Å². The smallest absolute Gasteiger partial charge is 0.164 e. The monoisotopic (exact) mass is 657 g/mol. The maximum atomic E-state index is 6.62. The van der Waals surface area contributed by atoms with Gasteiger partial charge in [-0.15, -0.1) is 11.3 Å². The van der Waals surface area contributed by atoms with Crippen LogP contribution in [0.3, 0.4) is 0 Å². The number of benzene rings is 7. The van der Waals surface area contributed by atoms with Gasteiger partial charge in [0, 0.05) is 53.2 Å². The molecule has 7 aromatic carbocycles. The van der Waals surface area contributed by atoms with E-state index in [1.54, 1.807) is 11.3 Å². The lowest BCUT2D eigenvalue weighted by atomic mass is 9.94. The number of furan rings is 1. The molecule has 0 spiro atoms. The van der Waals surface area contributed by atoms with E-state index in [2.05, 4.69) is 127 Å². The minimum absolute atomic E-state index is 0.620. The number of rotatable bonds is 5. The molecule has 234 valence electrons. The molecule has 0 aliphatic rings. The molecule has 0 amide bonds. The van der Waals surface area contributed by atoms with E-state index in [1.165, 1.54) is 20.2 Å². The van der Waals surface area contributed by atoms with Crippen molar-refractivity contribution < 1.29 is 4.42 Å². The van der Waals surface area contributed by atoms with E-state index in [-0.39, 0.29) is 0 Å². The van der Waals surface area contributed by atoms with E-state index in [1.807, 2.05) is 36.4 Å². The molecule has 10 aromatic rings. The summed E-state index contributed by atoms with van der Waals surface area (Å²) >= 11 is 1.81. The summed E-state index contributed by atoms with van der Waals surface area (Å²) in [6.45, 7) is 0.